The zero-order valence-electron chi connectivity index (χ0n) is 9.85. The molecule has 1 aromatic rings. The molecule has 1 unspecified atom stereocenters. The average molecular weight is 318 g/mol. The van der Waals surface area contributed by atoms with Crippen LogP contribution in [0.3, 0.4) is 0 Å². The van der Waals surface area contributed by atoms with Crippen LogP contribution in [0.25, 0.3) is 0 Å². The van der Waals surface area contributed by atoms with Gasteiger partial charge in [-0.3, -0.25) is 14.9 Å². The van der Waals surface area contributed by atoms with E-state index in [1.54, 1.807) is 0 Å². The summed E-state index contributed by atoms with van der Waals surface area (Å²) in [4.78, 5) is 38.1. The van der Waals surface area contributed by atoms with Crippen molar-refractivity contribution < 1.29 is 19.6 Å². The Morgan fingerprint density at radius 2 is 2.30 bits per heavy atom. The van der Waals surface area contributed by atoms with Crippen LogP contribution in [0.15, 0.2) is 12.3 Å². The molecule has 1 saturated heterocycles. The van der Waals surface area contributed by atoms with E-state index in [9.17, 15) is 19.7 Å². The topological polar surface area (TPSA) is 114 Å². The highest BCUT2D eigenvalue weighted by molar-refractivity contribution is 7.99. The maximum Gasteiger partial charge on any atom is 0.327 e. The van der Waals surface area contributed by atoms with E-state index in [0.717, 1.165) is 11.0 Å². The number of carbonyl (C=O) groups excluding carboxylic acids is 1. The molecule has 1 atom stereocenters. The standard InChI is InChI=1S/C10H8ClN3O5S/c11-8-7(14(18)19)5(1-2-12-8)9(15)13-4-20-3-6(13)10(16)17/h1-2,6H,3-4H2,(H,16,17). The molecule has 0 saturated carbocycles. The van der Waals surface area contributed by atoms with E-state index in [0.29, 0.717) is 0 Å². The summed E-state index contributed by atoms with van der Waals surface area (Å²) >= 11 is 6.89. The quantitative estimate of drug-likeness (QED) is 0.507. The molecule has 2 rings (SSSR count). The second-order valence-corrected chi connectivity index (χ2v) is 5.24. The Hall–Kier alpha value is -1.87. The fourth-order valence-corrected chi connectivity index (χ4v) is 3.15. The van der Waals surface area contributed by atoms with Gasteiger partial charge in [-0.05, 0) is 6.07 Å². The third kappa shape index (κ3) is 2.54. The molecule has 106 valence electrons. The number of nitrogens with zero attached hydrogens (tertiary/aromatic N) is 3. The van der Waals surface area contributed by atoms with E-state index >= 15 is 0 Å². The fourth-order valence-electron chi connectivity index (χ4n) is 1.78. The lowest BCUT2D eigenvalue weighted by Gasteiger charge is -2.20. The van der Waals surface area contributed by atoms with Gasteiger partial charge in [-0.1, -0.05) is 11.6 Å². The third-order valence-corrected chi connectivity index (χ3v) is 4.01. The van der Waals surface area contributed by atoms with Gasteiger partial charge >= 0.3 is 11.7 Å². The van der Waals surface area contributed by atoms with E-state index in [1.807, 2.05) is 0 Å². The van der Waals surface area contributed by atoms with Crippen LogP contribution in [0.4, 0.5) is 5.69 Å². The molecule has 2 heterocycles. The number of hydrogen-bond donors (Lipinski definition) is 1. The Morgan fingerprint density at radius 1 is 1.60 bits per heavy atom. The number of hydrogen-bond acceptors (Lipinski definition) is 6. The number of thioether (sulfide) groups is 1. The zero-order chi connectivity index (χ0) is 14.9. The van der Waals surface area contributed by atoms with Gasteiger partial charge in [0.05, 0.1) is 10.8 Å². The third-order valence-electron chi connectivity index (χ3n) is 2.72. The molecule has 0 bridgehead atoms. The van der Waals surface area contributed by atoms with Crippen LogP contribution in [0, 0.1) is 10.1 Å². The molecule has 1 aromatic heterocycles. The summed E-state index contributed by atoms with van der Waals surface area (Å²) in [7, 11) is 0. The van der Waals surface area contributed by atoms with Crippen molar-refractivity contribution in [3.63, 3.8) is 0 Å². The Kier molecular flexibility index (Phi) is 4.09. The molecule has 10 heteroatoms. The first-order chi connectivity index (χ1) is 9.43. The molecular formula is C10H8ClN3O5S. The molecule has 0 aromatic carbocycles. The van der Waals surface area contributed by atoms with Crippen LogP contribution in [0.1, 0.15) is 10.4 Å². The molecule has 1 fully saturated rings. The predicted octanol–water partition coefficient (Wildman–Crippen LogP) is 1.24. The summed E-state index contributed by atoms with van der Waals surface area (Å²) < 4.78 is 0. The first-order valence-corrected chi connectivity index (χ1v) is 6.87. The highest BCUT2D eigenvalue weighted by atomic mass is 35.5. The van der Waals surface area contributed by atoms with Gasteiger partial charge in [-0.2, -0.15) is 0 Å². The molecule has 1 aliphatic heterocycles. The Balaban J connectivity index is 2.42. The van der Waals surface area contributed by atoms with E-state index in [4.69, 9.17) is 16.7 Å². The number of carbonyl (C=O) groups is 2. The number of aliphatic carboxylic acids is 1. The van der Waals surface area contributed by atoms with E-state index in [2.05, 4.69) is 4.98 Å². The minimum atomic E-state index is -1.15. The highest BCUT2D eigenvalue weighted by Gasteiger charge is 2.38. The molecule has 20 heavy (non-hydrogen) atoms. The normalized spacial score (nSPS) is 18.1. The van der Waals surface area contributed by atoms with Gasteiger partial charge in [-0.25, -0.2) is 9.78 Å². The Morgan fingerprint density at radius 3 is 2.90 bits per heavy atom. The molecule has 0 radical (unpaired) electrons. The number of pyridine rings is 1. The molecule has 8 nitrogen and oxygen atoms in total. The summed E-state index contributed by atoms with van der Waals surface area (Å²) in [5, 5.41) is 19.6. The van der Waals surface area contributed by atoms with Crippen molar-refractivity contribution in [3.8, 4) is 0 Å². The summed E-state index contributed by atoms with van der Waals surface area (Å²) in [6, 6.07) is 0.160. The number of nitro groups is 1. The minimum absolute atomic E-state index is 0.160. The largest absolute Gasteiger partial charge is 0.480 e. The molecule has 1 aliphatic rings. The second-order valence-electron chi connectivity index (χ2n) is 3.88. The molecule has 1 N–H and O–H groups in total. The molecule has 0 spiro atoms. The lowest BCUT2D eigenvalue weighted by molar-refractivity contribution is -0.385. The van der Waals surface area contributed by atoms with Crippen molar-refractivity contribution in [2.75, 3.05) is 11.6 Å². The lowest BCUT2D eigenvalue weighted by atomic mass is 10.2. The minimum Gasteiger partial charge on any atom is -0.480 e. The molecule has 1 amide bonds. The monoisotopic (exact) mass is 317 g/mol. The lowest BCUT2D eigenvalue weighted by Crippen LogP contribution is -2.42. The van der Waals surface area contributed by atoms with Crippen molar-refractivity contribution in [2.45, 2.75) is 6.04 Å². The van der Waals surface area contributed by atoms with Crippen molar-refractivity contribution in [2.24, 2.45) is 0 Å². The van der Waals surface area contributed by atoms with Crippen LogP contribution in [-0.4, -0.2) is 49.5 Å². The van der Waals surface area contributed by atoms with Crippen molar-refractivity contribution in [1.82, 2.24) is 9.88 Å². The fraction of sp³-hybridized carbons (Fsp3) is 0.300. The van der Waals surface area contributed by atoms with Gasteiger partial charge in [0.2, 0.25) is 5.15 Å². The van der Waals surface area contributed by atoms with Crippen molar-refractivity contribution in [1.29, 1.82) is 0 Å². The summed E-state index contributed by atoms with van der Waals surface area (Å²) in [6.07, 6.45) is 1.17. The van der Waals surface area contributed by atoms with Crippen LogP contribution >= 0.6 is 23.4 Å². The van der Waals surface area contributed by atoms with Crippen LogP contribution in [0.5, 0.6) is 0 Å². The smallest absolute Gasteiger partial charge is 0.327 e. The Labute approximate surface area is 121 Å². The van der Waals surface area contributed by atoms with Gasteiger partial charge < -0.3 is 10.0 Å². The van der Waals surface area contributed by atoms with Gasteiger partial charge in [0, 0.05) is 11.9 Å². The van der Waals surface area contributed by atoms with Gasteiger partial charge in [0.1, 0.15) is 11.6 Å². The zero-order valence-corrected chi connectivity index (χ0v) is 11.4. The first kappa shape index (κ1) is 14.5. The van der Waals surface area contributed by atoms with Gasteiger partial charge in [0.15, 0.2) is 0 Å². The second kappa shape index (κ2) is 5.63. The number of aromatic nitrogens is 1. The maximum atomic E-state index is 12.3. The number of carboxylic acids is 1. The van der Waals surface area contributed by atoms with Crippen LogP contribution in [-0.2, 0) is 4.79 Å². The number of amides is 1. The van der Waals surface area contributed by atoms with Crippen molar-refractivity contribution in [3.05, 3.63) is 33.1 Å². The van der Waals surface area contributed by atoms with E-state index in [1.165, 1.54) is 18.0 Å². The van der Waals surface area contributed by atoms with Gasteiger partial charge in [-0.15, -0.1) is 11.8 Å². The predicted molar refractivity (Wildman–Crippen MR) is 70.8 cm³/mol. The summed E-state index contributed by atoms with van der Waals surface area (Å²) in [5.41, 5.74) is -0.871. The van der Waals surface area contributed by atoms with Gasteiger partial charge in [0.25, 0.3) is 5.91 Å². The Bertz CT molecular complexity index is 596. The summed E-state index contributed by atoms with van der Waals surface area (Å²) in [6.45, 7) is 0. The van der Waals surface area contributed by atoms with Crippen molar-refractivity contribution >= 4 is 40.9 Å². The van der Waals surface area contributed by atoms with E-state index in [-0.39, 0.29) is 17.2 Å². The van der Waals surface area contributed by atoms with E-state index < -0.39 is 33.7 Å². The van der Waals surface area contributed by atoms with Crippen LogP contribution < -0.4 is 0 Å². The molecular weight excluding hydrogens is 310 g/mol. The maximum absolute atomic E-state index is 12.3. The summed E-state index contributed by atoms with van der Waals surface area (Å²) in [5.74, 6) is -1.48. The number of rotatable bonds is 3. The highest BCUT2D eigenvalue weighted by Crippen LogP contribution is 2.30. The number of halogens is 1. The SMILES string of the molecule is O=C(O)C1CSCN1C(=O)c1ccnc(Cl)c1[N+](=O)[O-]. The number of carboxylic acid groups (broad SMARTS) is 1. The first-order valence-electron chi connectivity index (χ1n) is 5.34. The van der Waals surface area contributed by atoms with Crippen LogP contribution in [0.2, 0.25) is 5.15 Å². The molecule has 0 aliphatic carbocycles. The average Bonchev–Trinajstić information content (AvgIpc) is 2.86.